The Morgan fingerprint density at radius 3 is 2.61 bits per heavy atom. The molecule has 2 atom stereocenters. The van der Waals surface area contributed by atoms with Crippen LogP contribution in [0.1, 0.15) is 21.7 Å². The van der Waals surface area contributed by atoms with Crippen LogP contribution in [-0.4, -0.2) is 46.5 Å². The van der Waals surface area contributed by atoms with Crippen LogP contribution in [0.5, 0.6) is 0 Å². The lowest BCUT2D eigenvalue weighted by molar-refractivity contribution is 0.0781. The molecule has 2 saturated heterocycles. The maximum absolute atomic E-state index is 13.0. The molecular formula is C18H22N4O. The first kappa shape index (κ1) is 14.5. The van der Waals surface area contributed by atoms with Gasteiger partial charge in [0.25, 0.3) is 5.91 Å². The molecule has 0 aromatic carbocycles. The molecule has 0 radical (unpaired) electrons. The zero-order valence-electron chi connectivity index (χ0n) is 13.6. The summed E-state index contributed by atoms with van der Waals surface area (Å²) in [6, 6.07) is 7.84. The molecule has 23 heavy (non-hydrogen) atoms. The van der Waals surface area contributed by atoms with Crippen molar-refractivity contribution in [3.63, 3.8) is 0 Å². The molecule has 2 aromatic heterocycles. The second-order valence-electron chi connectivity index (χ2n) is 6.70. The number of aromatic nitrogens is 2. The summed E-state index contributed by atoms with van der Waals surface area (Å²) in [4.78, 5) is 19.4. The number of nitrogens with zero attached hydrogens (tertiary/aromatic N) is 3. The minimum Gasteiger partial charge on any atom is -0.338 e. The van der Waals surface area contributed by atoms with Gasteiger partial charge in [-0.25, -0.2) is 4.98 Å². The van der Waals surface area contributed by atoms with Gasteiger partial charge in [-0.2, -0.15) is 0 Å². The van der Waals surface area contributed by atoms with Crippen LogP contribution in [0.3, 0.4) is 0 Å². The van der Waals surface area contributed by atoms with Gasteiger partial charge in [-0.15, -0.1) is 0 Å². The van der Waals surface area contributed by atoms with Gasteiger partial charge in [-0.05, 0) is 43.9 Å². The van der Waals surface area contributed by atoms with Crippen molar-refractivity contribution in [3.05, 3.63) is 47.4 Å². The van der Waals surface area contributed by atoms with Crippen LogP contribution in [-0.2, 0) is 0 Å². The number of hydrogen-bond acceptors (Lipinski definition) is 3. The predicted molar refractivity (Wildman–Crippen MR) is 88.8 cm³/mol. The summed E-state index contributed by atoms with van der Waals surface area (Å²) < 4.78 is 2.06. The maximum atomic E-state index is 13.0. The molecule has 1 amide bonds. The van der Waals surface area contributed by atoms with Gasteiger partial charge in [0.05, 0.1) is 5.56 Å². The smallest absolute Gasteiger partial charge is 0.255 e. The van der Waals surface area contributed by atoms with E-state index in [-0.39, 0.29) is 5.91 Å². The van der Waals surface area contributed by atoms with Crippen molar-refractivity contribution in [1.29, 1.82) is 0 Å². The van der Waals surface area contributed by atoms with Crippen molar-refractivity contribution in [1.82, 2.24) is 19.8 Å². The first-order valence-corrected chi connectivity index (χ1v) is 8.25. The molecule has 5 nitrogen and oxygen atoms in total. The number of fused-ring (bicyclic) bond motifs is 1. The van der Waals surface area contributed by atoms with Crippen molar-refractivity contribution < 1.29 is 4.79 Å². The fourth-order valence-electron chi connectivity index (χ4n) is 4.01. The third kappa shape index (κ3) is 2.36. The normalized spacial score (nSPS) is 23.3. The van der Waals surface area contributed by atoms with Crippen LogP contribution in [0.25, 0.3) is 5.82 Å². The summed E-state index contributed by atoms with van der Waals surface area (Å²) in [6.45, 7) is 7.88. The van der Waals surface area contributed by atoms with Crippen LogP contribution in [0, 0.1) is 25.7 Å². The highest BCUT2D eigenvalue weighted by atomic mass is 16.2. The fraction of sp³-hybridized carbons (Fsp3) is 0.444. The number of rotatable bonds is 2. The zero-order chi connectivity index (χ0) is 16.0. The maximum Gasteiger partial charge on any atom is 0.255 e. The molecule has 2 aromatic rings. The largest absolute Gasteiger partial charge is 0.338 e. The van der Waals surface area contributed by atoms with Gasteiger partial charge in [0, 0.05) is 43.8 Å². The van der Waals surface area contributed by atoms with Gasteiger partial charge in [0.15, 0.2) is 0 Å². The van der Waals surface area contributed by atoms with E-state index in [1.54, 1.807) is 6.20 Å². The molecule has 0 spiro atoms. The molecule has 2 aliphatic heterocycles. The first-order valence-electron chi connectivity index (χ1n) is 8.25. The van der Waals surface area contributed by atoms with Gasteiger partial charge in [-0.3, -0.25) is 4.79 Å². The van der Waals surface area contributed by atoms with E-state index >= 15 is 0 Å². The minimum atomic E-state index is 0.162. The van der Waals surface area contributed by atoms with Gasteiger partial charge < -0.3 is 14.8 Å². The number of amides is 1. The topological polar surface area (TPSA) is 50.2 Å². The molecule has 0 aliphatic carbocycles. The van der Waals surface area contributed by atoms with Gasteiger partial charge in [0.2, 0.25) is 0 Å². The Balaban J connectivity index is 1.64. The highest BCUT2D eigenvalue weighted by Crippen LogP contribution is 2.29. The van der Waals surface area contributed by atoms with Crippen molar-refractivity contribution >= 4 is 5.91 Å². The van der Waals surface area contributed by atoms with E-state index in [1.807, 2.05) is 43.0 Å². The molecule has 0 bridgehead atoms. The van der Waals surface area contributed by atoms with E-state index in [0.717, 1.165) is 48.9 Å². The lowest BCUT2D eigenvalue weighted by atomic mass is 10.0. The minimum absolute atomic E-state index is 0.162. The molecule has 0 unspecified atom stereocenters. The fourth-order valence-corrected chi connectivity index (χ4v) is 4.01. The summed E-state index contributed by atoms with van der Waals surface area (Å²) >= 11 is 0. The average Bonchev–Trinajstić information content (AvgIpc) is 3.21. The Morgan fingerprint density at radius 1 is 1.22 bits per heavy atom. The number of pyridine rings is 1. The van der Waals surface area contributed by atoms with E-state index in [1.165, 1.54) is 0 Å². The van der Waals surface area contributed by atoms with Gasteiger partial charge in [0.1, 0.15) is 5.82 Å². The molecule has 5 heteroatoms. The molecule has 4 rings (SSSR count). The predicted octanol–water partition coefficient (Wildman–Crippen LogP) is 1.78. The number of likely N-dealkylation sites (tertiary alicyclic amines) is 1. The number of aryl methyl sites for hydroxylation is 1. The van der Waals surface area contributed by atoms with Crippen molar-refractivity contribution in [2.45, 2.75) is 13.8 Å². The second kappa shape index (κ2) is 5.49. The quantitative estimate of drug-likeness (QED) is 0.920. The third-order valence-electron chi connectivity index (χ3n) is 5.22. The van der Waals surface area contributed by atoms with Crippen molar-refractivity contribution in [2.24, 2.45) is 11.8 Å². The van der Waals surface area contributed by atoms with Crippen LogP contribution in [0.2, 0.25) is 0 Å². The standard InChI is InChI=1S/C18H22N4O/c1-12-7-16(13(2)22(12)17-5-3-4-6-20-17)18(23)21-10-14-8-19-9-15(14)11-21/h3-7,14-15,19H,8-11H2,1-2H3/t14-,15+. The lowest BCUT2D eigenvalue weighted by Gasteiger charge is -2.17. The molecular weight excluding hydrogens is 288 g/mol. The molecule has 120 valence electrons. The zero-order valence-corrected chi connectivity index (χ0v) is 13.6. The van der Waals surface area contributed by atoms with E-state index in [4.69, 9.17) is 0 Å². The number of carbonyl (C=O) groups is 1. The Hall–Kier alpha value is -2.14. The second-order valence-corrected chi connectivity index (χ2v) is 6.70. The van der Waals surface area contributed by atoms with Gasteiger partial charge in [-0.1, -0.05) is 6.07 Å². The number of hydrogen-bond donors (Lipinski definition) is 1. The third-order valence-corrected chi connectivity index (χ3v) is 5.22. The molecule has 4 heterocycles. The highest BCUT2D eigenvalue weighted by molar-refractivity contribution is 5.96. The van der Waals surface area contributed by atoms with Gasteiger partial charge >= 0.3 is 0 Å². The molecule has 2 fully saturated rings. The van der Waals surface area contributed by atoms with Crippen LogP contribution in [0.15, 0.2) is 30.5 Å². The summed E-state index contributed by atoms with van der Waals surface area (Å²) in [6.07, 6.45) is 1.78. The number of carbonyl (C=O) groups excluding carboxylic acids is 1. The Morgan fingerprint density at radius 2 is 1.96 bits per heavy atom. The summed E-state index contributed by atoms with van der Waals surface area (Å²) in [5, 5.41) is 3.42. The van der Waals surface area contributed by atoms with E-state index in [9.17, 15) is 4.79 Å². The van der Waals surface area contributed by atoms with Crippen LogP contribution >= 0.6 is 0 Å². The average molecular weight is 310 g/mol. The van der Waals surface area contributed by atoms with Crippen LogP contribution < -0.4 is 5.32 Å². The molecule has 2 aliphatic rings. The Kier molecular flexibility index (Phi) is 3.45. The van der Waals surface area contributed by atoms with Crippen LogP contribution in [0.4, 0.5) is 0 Å². The van der Waals surface area contributed by atoms with Crippen molar-refractivity contribution in [2.75, 3.05) is 26.2 Å². The summed E-state index contributed by atoms with van der Waals surface area (Å²) in [7, 11) is 0. The Labute approximate surface area is 136 Å². The molecule has 0 saturated carbocycles. The van der Waals surface area contributed by atoms with Crippen molar-refractivity contribution in [3.8, 4) is 5.82 Å². The molecule has 1 N–H and O–H groups in total. The van der Waals surface area contributed by atoms with E-state index in [2.05, 4.69) is 14.9 Å². The number of nitrogens with one attached hydrogen (secondary N) is 1. The highest BCUT2D eigenvalue weighted by Gasteiger charge is 2.38. The lowest BCUT2D eigenvalue weighted by Crippen LogP contribution is -2.32. The summed E-state index contributed by atoms with van der Waals surface area (Å²) in [5.74, 6) is 2.27. The Bertz CT molecular complexity index is 725. The first-order chi connectivity index (χ1) is 11.1. The van der Waals surface area contributed by atoms with E-state index in [0.29, 0.717) is 11.8 Å². The summed E-state index contributed by atoms with van der Waals surface area (Å²) in [5.41, 5.74) is 2.83. The van der Waals surface area contributed by atoms with E-state index < -0.39 is 0 Å². The monoisotopic (exact) mass is 310 g/mol. The SMILES string of the molecule is Cc1cc(C(=O)N2C[C@H]3CNC[C@H]3C2)c(C)n1-c1ccccn1.